The third kappa shape index (κ3) is 5.48. The van der Waals surface area contributed by atoms with Crippen molar-refractivity contribution in [1.82, 2.24) is 15.0 Å². The number of rotatable bonds is 7. The first kappa shape index (κ1) is 21.0. The van der Waals surface area contributed by atoms with E-state index in [1.807, 2.05) is 37.5 Å². The van der Waals surface area contributed by atoms with Crippen LogP contribution in [0.4, 0.5) is 16.0 Å². The number of aromatic nitrogens is 3. The molecule has 0 bridgehead atoms. The van der Waals surface area contributed by atoms with E-state index in [1.165, 1.54) is 6.07 Å². The van der Waals surface area contributed by atoms with Gasteiger partial charge in [0.05, 0.1) is 5.69 Å². The summed E-state index contributed by atoms with van der Waals surface area (Å²) in [4.78, 5) is 15.6. The van der Waals surface area contributed by atoms with Crippen molar-refractivity contribution in [2.45, 2.75) is 45.8 Å². The Balaban J connectivity index is 1.25. The number of hydrogen-bond donors (Lipinski definition) is 1. The maximum absolute atomic E-state index is 13.9. The van der Waals surface area contributed by atoms with E-state index in [9.17, 15) is 4.39 Å². The van der Waals surface area contributed by atoms with Crippen LogP contribution >= 0.6 is 0 Å². The summed E-state index contributed by atoms with van der Waals surface area (Å²) < 4.78 is 20.0. The Hall–Kier alpha value is -3.22. The Labute approximate surface area is 182 Å². The molecule has 1 N–H and O–H groups in total. The van der Waals surface area contributed by atoms with E-state index in [2.05, 4.69) is 32.1 Å². The van der Waals surface area contributed by atoms with Crippen LogP contribution in [0.2, 0.25) is 0 Å². The normalized spacial score (nSPS) is 14.5. The maximum atomic E-state index is 13.9. The molecule has 1 fully saturated rings. The first-order valence-corrected chi connectivity index (χ1v) is 10.8. The molecule has 7 heteroatoms. The number of halogens is 1. The molecule has 0 saturated carbocycles. The third-order valence-corrected chi connectivity index (χ3v) is 5.52. The van der Waals surface area contributed by atoms with Crippen LogP contribution in [-0.4, -0.2) is 34.1 Å². The SMILES string of the molecule is CCc1cnc(N2CCC(Oc3ccc(CNc4ccc(C)cc4F)cn3)CC2)nc1. The number of nitrogens with one attached hydrogen (secondary N) is 1. The van der Waals surface area contributed by atoms with Gasteiger partial charge in [0, 0.05) is 57.1 Å². The van der Waals surface area contributed by atoms with Gasteiger partial charge in [0.25, 0.3) is 0 Å². The van der Waals surface area contributed by atoms with E-state index in [4.69, 9.17) is 4.74 Å². The van der Waals surface area contributed by atoms with E-state index in [0.717, 1.165) is 55.0 Å². The minimum Gasteiger partial charge on any atom is -0.474 e. The summed E-state index contributed by atoms with van der Waals surface area (Å²) in [5, 5.41) is 3.11. The molecule has 3 aromatic rings. The van der Waals surface area contributed by atoms with Crippen LogP contribution in [0, 0.1) is 12.7 Å². The Morgan fingerprint density at radius 3 is 2.42 bits per heavy atom. The topological polar surface area (TPSA) is 63.2 Å². The van der Waals surface area contributed by atoms with E-state index < -0.39 is 0 Å². The molecule has 1 aromatic carbocycles. The van der Waals surface area contributed by atoms with E-state index >= 15 is 0 Å². The zero-order valence-corrected chi connectivity index (χ0v) is 18.0. The zero-order valence-electron chi connectivity index (χ0n) is 18.0. The maximum Gasteiger partial charge on any atom is 0.225 e. The second-order valence-corrected chi connectivity index (χ2v) is 7.89. The quantitative estimate of drug-likeness (QED) is 0.604. The fourth-order valence-corrected chi connectivity index (χ4v) is 3.58. The number of benzene rings is 1. The average molecular weight is 422 g/mol. The highest BCUT2D eigenvalue weighted by Crippen LogP contribution is 2.21. The fourth-order valence-electron chi connectivity index (χ4n) is 3.58. The van der Waals surface area contributed by atoms with Gasteiger partial charge >= 0.3 is 0 Å². The van der Waals surface area contributed by atoms with Crippen molar-refractivity contribution in [3.8, 4) is 5.88 Å². The van der Waals surface area contributed by atoms with Gasteiger partial charge in [-0.3, -0.25) is 0 Å². The van der Waals surface area contributed by atoms with Crippen molar-refractivity contribution >= 4 is 11.6 Å². The standard InChI is InChI=1S/C24H28FN5O/c1-3-18-13-28-24(29-14-18)30-10-8-20(9-11-30)31-23-7-5-19(16-27-23)15-26-22-6-4-17(2)12-21(22)25/h4-7,12-14,16,20,26H,3,8-11,15H2,1-2H3. The van der Waals surface area contributed by atoms with Crippen LogP contribution in [0.1, 0.15) is 36.5 Å². The Bertz CT molecular complexity index is 986. The number of nitrogens with zero attached hydrogens (tertiary/aromatic N) is 4. The predicted molar refractivity (Wildman–Crippen MR) is 120 cm³/mol. The van der Waals surface area contributed by atoms with Gasteiger partial charge < -0.3 is 15.0 Å². The molecular formula is C24H28FN5O. The molecule has 0 amide bonds. The summed E-state index contributed by atoms with van der Waals surface area (Å²) in [6.07, 6.45) is 8.45. The van der Waals surface area contributed by atoms with Gasteiger partial charge in [0.2, 0.25) is 11.8 Å². The van der Waals surface area contributed by atoms with Crippen LogP contribution < -0.4 is 15.0 Å². The Morgan fingerprint density at radius 2 is 1.77 bits per heavy atom. The summed E-state index contributed by atoms with van der Waals surface area (Å²) in [5.74, 6) is 1.16. The van der Waals surface area contributed by atoms with Crippen molar-refractivity contribution in [3.63, 3.8) is 0 Å². The number of hydrogen-bond acceptors (Lipinski definition) is 6. The number of anilines is 2. The lowest BCUT2D eigenvalue weighted by atomic mass is 10.1. The summed E-state index contributed by atoms with van der Waals surface area (Å²) in [6.45, 7) is 6.20. The molecule has 6 nitrogen and oxygen atoms in total. The minimum absolute atomic E-state index is 0.129. The number of piperidine rings is 1. The Morgan fingerprint density at radius 1 is 1.03 bits per heavy atom. The van der Waals surface area contributed by atoms with Crippen LogP contribution in [0.15, 0.2) is 48.9 Å². The average Bonchev–Trinajstić information content (AvgIpc) is 2.80. The molecular weight excluding hydrogens is 393 g/mol. The highest BCUT2D eigenvalue weighted by atomic mass is 19.1. The molecule has 31 heavy (non-hydrogen) atoms. The van der Waals surface area contributed by atoms with E-state index in [-0.39, 0.29) is 11.9 Å². The van der Waals surface area contributed by atoms with Crippen LogP contribution in [0.5, 0.6) is 5.88 Å². The van der Waals surface area contributed by atoms with Crippen LogP contribution in [0.3, 0.4) is 0 Å². The minimum atomic E-state index is -0.244. The zero-order chi connectivity index (χ0) is 21.6. The molecule has 2 aromatic heterocycles. The molecule has 1 aliphatic rings. The number of ether oxygens (including phenoxy) is 1. The predicted octanol–water partition coefficient (Wildman–Crippen LogP) is 4.54. The second kappa shape index (κ2) is 9.73. The largest absolute Gasteiger partial charge is 0.474 e. The van der Waals surface area contributed by atoms with Gasteiger partial charge in [-0.15, -0.1) is 0 Å². The van der Waals surface area contributed by atoms with Gasteiger partial charge in [-0.25, -0.2) is 19.3 Å². The molecule has 0 aliphatic carbocycles. The van der Waals surface area contributed by atoms with E-state index in [0.29, 0.717) is 18.1 Å². The molecule has 162 valence electrons. The number of aryl methyl sites for hydroxylation is 2. The third-order valence-electron chi connectivity index (χ3n) is 5.52. The summed E-state index contributed by atoms with van der Waals surface area (Å²) in [6, 6.07) is 9.00. The van der Waals surface area contributed by atoms with Crippen LogP contribution in [0.25, 0.3) is 0 Å². The lowest BCUT2D eigenvalue weighted by molar-refractivity contribution is 0.163. The van der Waals surface area contributed by atoms with Gasteiger partial charge in [0.15, 0.2) is 0 Å². The van der Waals surface area contributed by atoms with Crippen molar-refractivity contribution < 1.29 is 9.13 Å². The Kier molecular flexibility index (Phi) is 6.60. The number of pyridine rings is 1. The van der Waals surface area contributed by atoms with Crippen molar-refractivity contribution in [3.05, 3.63) is 71.4 Å². The summed E-state index contributed by atoms with van der Waals surface area (Å²) in [5.41, 5.74) is 3.51. The molecule has 4 rings (SSSR count). The second-order valence-electron chi connectivity index (χ2n) is 7.89. The lowest BCUT2D eigenvalue weighted by Gasteiger charge is -2.31. The van der Waals surface area contributed by atoms with Gasteiger partial charge in [-0.1, -0.05) is 19.1 Å². The van der Waals surface area contributed by atoms with Crippen molar-refractivity contribution in [2.75, 3.05) is 23.3 Å². The smallest absolute Gasteiger partial charge is 0.225 e. The molecule has 0 atom stereocenters. The molecule has 0 spiro atoms. The van der Waals surface area contributed by atoms with Gasteiger partial charge in [0.1, 0.15) is 11.9 Å². The van der Waals surface area contributed by atoms with Gasteiger partial charge in [-0.2, -0.15) is 0 Å². The lowest BCUT2D eigenvalue weighted by Crippen LogP contribution is -2.39. The fraction of sp³-hybridized carbons (Fsp3) is 0.375. The van der Waals surface area contributed by atoms with E-state index in [1.54, 1.807) is 12.3 Å². The molecule has 3 heterocycles. The summed E-state index contributed by atoms with van der Waals surface area (Å²) in [7, 11) is 0. The van der Waals surface area contributed by atoms with Crippen LogP contribution in [-0.2, 0) is 13.0 Å². The molecule has 0 unspecified atom stereocenters. The monoisotopic (exact) mass is 421 g/mol. The highest BCUT2D eigenvalue weighted by Gasteiger charge is 2.22. The van der Waals surface area contributed by atoms with Crippen molar-refractivity contribution in [2.24, 2.45) is 0 Å². The molecule has 0 radical (unpaired) electrons. The molecule has 1 saturated heterocycles. The van der Waals surface area contributed by atoms with Crippen molar-refractivity contribution in [1.29, 1.82) is 0 Å². The first-order valence-electron chi connectivity index (χ1n) is 10.8. The van der Waals surface area contributed by atoms with Gasteiger partial charge in [-0.05, 0) is 42.2 Å². The first-order chi connectivity index (χ1) is 15.1. The highest BCUT2D eigenvalue weighted by molar-refractivity contribution is 5.46. The molecule has 1 aliphatic heterocycles. The summed E-state index contributed by atoms with van der Waals surface area (Å²) >= 11 is 0.